The first-order valence-corrected chi connectivity index (χ1v) is 24.0. The van der Waals surface area contributed by atoms with E-state index in [9.17, 15) is 0 Å². The first kappa shape index (κ1) is 38.6. The van der Waals surface area contributed by atoms with Crippen molar-refractivity contribution in [1.82, 2.24) is 4.57 Å². The lowest BCUT2D eigenvalue weighted by Gasteiger charge is -2.29. The number of anilines is 3. The van der Waals surface area contributed by atoms with E-state index in [1.807, 2.05) is 17.4 Å². The summed E-state index contributed by atoms with van der Waals surface area (Å²) in [4.78, 5) is 2.45. The van der Waals surface area contributed by atoms with Crippen LogP contribution in [0.2, 0.25) is 0 Å². The molecule has 3 aromatic heterocycles. The molecular weight excluding hydrogens is 845 g/mol. The van der Waals surface area contributed by atoms with Crippen molar-refractivity contribution in [2.45, 2.75) is 0 Å². The van der Waals surface area contributed by atoms with E-state index in [0.717, 1.165) is 61.4 Å². The zero-order valence-electron chi connectivity index (χ0n) is 36.8. The maximum absolute atomic E-state index is 6.53. The first-order valence-electron chi connectivity index (χ1n) is 23.2. The van der Waals surface area contributed by atoms with Crippen LogP contribution in [0, 0.1) is 0 Å². The van der Waals surface area contributed by atoms with Gasteiger partial charge in [0.15, 0.2) is 0 Å². The van der Waals surface area contributed by atoms with Crippen LogP contribution in [-0.2, 0) is 0 Å². The summed E-state index contributed by atoms with van der Waals surface area (Å²) >= 11 is 1.87. The summed E-state index contributed by atoms with van der Waals surface area (Å²) < 4.78 is 11.5. The Balaban J connectivity index is 0.983. The molecule has 0 aliphatic rings. The van der Waals surface area contributed by atoms with E-state index in [-0.39, 0.29) is 0 Å². The van der Waals surface area contributed by atoms with E-state index >= 15 is 0 Å². The standard InChI is InChI=1S/C64H40N2OS/c1-2-14-44-39-45(28-27-41(44)13-1)42-29-33-47(34-30-42)65(48-35-31-43(32-36-48)50-21-12-22-55-53-19-5-9-25-60(53)67-63(50)55)59-38-37-56-54-20-6-10-26-61(54)68-64(56)62(59)46-15-11-16-49(40-46)66-57-23-7-3-17-51(57)52-18-4-8-24-58(52)66/h1-40H. The van der Waals surface area contributed by atoms with Gasteiger partial charge in [-0.3, -0.25) is 0 Å². The molecule has 68 heavy (non-hydrogen) atoms. The van der Waals surface area contributed by atoms with Crippen molar-refractivity contribution in [3.63, 3.8) is 0 Å². The summed E-state index contributed by atoms with van der Waals surface area (Å²) in [5, 5.41) is 9.76. The van der Waals surface area contributed by atoms with Crippen LogP contribution in [0.4, 0.5) is 17.1 Å². The Morgan fingerprint density at radius 2 is 1.00 bits per heavy atom. The van der Waals surface area contributed by atoms with Crippen molar-refractivity contribution >= 4 is 103 Å². The van der Waals surface area contributed by atoms with Crippen molar-refractivity contribution in [3.8, 4) is 39.1 Å². The molecule has 0 aliphatic carbocycles. The number of thiophene rings is 1. The summed E-state index contributed by atoms with van der Waals surface area (Å²) in [7, 11) is 0. The largest absolute Gasteiger partial charge is 0.455 e. The Morgan fingerprint density at radius 3 is 1.78 bits per heavy atom. The van der Waals surface area contributed by atoms with E-state index in [4.69, 9.17) is 4.42 Å². The molecule has 0 spiro atoms. The van der Waals surface area contributed by atoms with Crippen molar-refractivity contribution in [2.24, 2.45) is 0 Å². The molecule has 318 valence electrons. The zero-order chi connectivity index (χ0) is 44.7. The van der Waals surface area contributed by atoms with Crippen LogP contribution < -0.4 is 4.90 Å². The van der Waals surface area contributed by atoms with E-state index in [1.165, 1.54) is 69.4 Å². The fraction of sp³-hybridized carbons (Fsp3) is 0. The fourth-order valence-electron chi connectivity index (χ4n) is 10.6. The Morgan fingerprint density at radius 1 is 0.382 bits per heavy atom. The van der Waals surface area contributed by atoms with Gasteiger partial charge >= 0.3 is 0 Å². The molecule has 0 N–H and O–H groups in total. The number of hydrogen-bond acceptors (Lipinski definition) is 3. The third-order valence-corrected chi connectivity index (χ3v) is 15.0. The predicted molar refractivity (Wildman–Crippen MR) is 289 cm³/mol. The molecule has 0 bridgehead atoms. The normalized spacial score (nSPS) is 11.8. The highest BCUT2D eigenvalue weighted by molar-refractivity contribution is 7.26. The second-order valence-corrected chi connectivity index (χ2v) is 18.7. The van der Waals surface area contributed by atoms with Crippen LogP contribution in [0.25, 0.3) is 114 Å². The van der Waals surface area contributed by atoms with Crippen molar-refractivity contribution < 1.29 is 4.42 Å². The summed E-state index contributed by atoms with van der Waals surface area (Å²) in [5.74, 6) is 0. The Labute approximate surface area is 396 Å². The molecular formula is C64H40N2OS. The lowest BCUT2D eigenvalue weighted by atomic mass is 9.97. The highest BCUT2D eigenvalue weighted by Gasteiger charge is 2.23. The van der Waals surface area contributed by atoms with E-state index in [1.54, 1.807) is 0 Å². The van der Waals surface area contributed by atoms with Gasteiger partial charge in [-0.25, -0.2) is 0 Å². The summed E-state index contributed by atoms with van der Waals surface area (Å²) in [5.41, 5.74) is 15.4. The molecule has 0 unspecified atom stereocenters. The first-order chi connectivity index (χ1) is 33.7. The van der Waals surface area contributed by atoms with Gasteiger partial charge in [0.05, 0.1) is 16.7 Å². The summed E-state index contributed by atoms with van der Waals surface area (Å²) in [6, 6.07) is 88.3. The highest BCUT2D eigenvalue weighted by atomic mass is 32.1. The van der Waals surface area contributed by atoms with Gasteiger partial charge in [-0.15, -0.1) is 11.3 Å². The molecule has 0 saturated carbocycles. The summed E-state index contributed by atoms with van der Waals surface area (Å²) in [6.07, 6.45) is 0. The van der Waals surface area contributed by atoms with Crippen molar-refractivity contribution in [1.29, 1.82) is 0 Å². The average Bonchev–Trinajstić information content (AvgIpc) is 4.09. The van der Waals surface area contributed by atoms with Gasteiger partial charge in [0, 0.05) is 69.9 Å². The molecule has 0 saturated heterocycles. The molecule has 14 rings (SSSR count). The van der Waals surface area contributed by atoms with Crippen LogP contribution in [0.1, 0.15) is 0 Å². The van der Waals surface area contributed by atoms with E-state index in [0.29, 0.717) is 0 Å². The SMILES string of the molecule is c1cc(-c2c(N(c3ccc(-c4ccc5ccccc5c4)cc3)c3ccc(-c4cccc5c4oc4ccccc45)cc3)ccc3c2sc2ccccc23)cc(-n2c3ccccc3c3ccccc32)c1. The van der Waals surface area contributed by atoms with Crippen molar-refractivity contribution in [3.05, 3.63) is 243 Å². The number of rotatable bonds is 7. The Hall–Kier alpha value is -8.70. The van der Waals surface area contributed by atoms with Gasteiger partial charge in [0.2, 0.25) is 0 Å². The fourth-order valence-corrected chi connectivity index (χ4v) is 11.9. The van der Waals surface area contributed by atoms with Crippen LogP contribution in [0.3, 0.4) is 0 Å². The molecule has 4 heteroatoms. The molecule has 3 nitrogen and oxygen atoms in total. The Bertz CT molecular complexity index is 4210. The number of benzene rings is 11. The molecule has 11 aromatic carbocycles. The van der Waals surface area contributed by atoms with E-state index in [2.05, 4.69) is 246 Å². The lowest BCUT2D eigenvalue weighted by Crippen LogP contribution is -2.11. The predicted octanol–water partition coefficient (Wildman–Crippen LogP) is 18.7. The van der Waals surface area contributed by atoms with Crippen LogP contribution in [0.5, 0.6) is 0 Å². The van der Waals surface area contributed by atoms with Gasteiger partial charge in [-0.2, -0.15) is 0 Å². The number of nitrogens with zero attached hydrogens (tertiary/aromatic N) is 2. The minimum atomic E-state index is 0.899. The smallest absolute Gasteiger partial charge is 0.143 e. The third kappa shape index (κ3) is 6.12. The number of para-hydroxylation sites is 4. The molecule has 0 radical (unpaired) electrons. The quantitative estimate of drug-likeness (QED) is 0.159. The maximum atomic E-state index is 6.53. The molecule has 0 fully saturated rings. The number of hydrogen-bond donors (Lipinski definition) is 0. The maximum Gasteiger partial charge on any atom is 0.143 e. The zero-order valence-corrected chi connectivity index (χ0v) is 37.6. The van der Waals surface area contributed by atoms with Gasteiger partial charge in [-0.05, 0) is 106 Å². The van der Waals surface area contributed by atoms with Gasteiger partial charge < -0.3 is 13.9 Å². The Kier molecular flexibility index (Phi) is 8.76. The second kappa shape index (κ2) is 15.5. The minimum absolute atomic E-state index is 0.899. The van der Waals surface area contributed by atoms with Crippen LogP contribution >= 0.6 is 11.3 Å². The van der Waals surface area contributed by atoms with Gasteiger partial charge in [0.1, 0.15) is 11.2 Å². The van der Waals surface area contributed by atoms with Crippen LogP contribution in [0.15, 0.2) is 247 Å². The molecule has 0 aliphatic heterocycles. The molecule has 3 heterocycles. The van der Waals surface area contributed by atoms with Crippen molar-refractivity contribution in [2.75, 3.05) is 4.90 Å². The number of furan rings is 1. The monoisotopic (exact) mass is 884 g/mol. The third-order valence-electron chi connectivity index (χ3n) is 13.8. The van der Waals surface area contributed by atoms with E-state index < -0.39 is 0 Å². The second-order valence-electron chi connectivity index (χ2n) is 17.6. The van der Waals surface area contributed by atoms with Gasteiger partial charge in [-0.1, -0.05) is 170 Å². The minimum Gasteiger partial charge on any atom is -0.455 e. The molecule has 14 aromatic rings. The number of fused-ring (bicyclic) bond motifs is 10. The lowest BCUT2D eigenvalue weighted by molar-refractivity contribution is 0.670. The average molecular weight is 885 g/mol. The molecule has 0 amide bonds. The highest BCUT2D eigenvalue weighted by Crippen LogP contribution is 2.49. The van der Waals surface area contributed by atoms with Crippen LogP contribution in [-0.4, -0.2) is 4.57 Å². The topological polar surface area (TPSA) is 21.3 Å². The summed E-state index contributed by atoms with van der Waals surface area (Å²) in [6.45, 7) is 0. The van der Waals surface area contributed by atoms with Gasteiger partial charge in [0.25, 0.3) is 0 Å². The molecule has 0 atom stereocenters. The number of aromatic nitrogens is 1.